The van der Waals surface area contributed by atoms with Crippen molar-refractivity contribution >= 4 is 45.0 Å². The molecule has 0 bridgehead atoms. The molecule has 10 heteroatoms. The number of aryl methyl sites for hydroxylation is 1. The maximum atomic E-state index is 13.4. The molecule has 0 radical (unpaired) electrons. The van der Waals surface area contributed by atoms with Gasteiger partial charge in [0, 0.05) is 20.1 Å². The Morgan fingerprint density at radius 3 is 2.24 bits per heavy atom. The largest absolute Gasteiger partial charge is 0.354 e. The van der Waals surface area contributed by atoms with Crippen LogP contribution in [0.5, 0.6) is 0 Å². The molecule has 7 nitrogen and oxygen atoms in total. The molecule has 2 aromatic rings. The fourth-order valence-electron chi connectivity index (χ4n) is 3.38. The smallest absolute Gasteiger partial charge is 0.243 e. The number of hydrogen-bond acceptors (Lipinski definition) is 4. The number of halogens is 2. The molecule has 186 valence electrons. The second-order valence-electron chi connectivity index (χ2n) is 8.06. The van der Waals surface area contributed by atoms with Gasteiger partial charge >= 0.3 is 0 Å². The number of benzene rings is 2. The van der Waals surface area contributed by atoms with Gasteiger partial charge < -0.3 is 10.2 Å². The van der Waals surface area contributed by atoms with Gasteiger partial charge in [0.1, 0.15) is 6.04 Å². The molecule has 1 atom stereocenters. The maximum absolute atomic E-state index is 13.4. The van der Waals surface area contributed by atoms with Crippen molar-refractivity contribution in [2.45, 2.75) is 51.1 Å². The Bertz CT molecular complexity index is 1110. The topological polar surface area (TPSA) is 86.8 Å². The van der Waals surface area contributed by atoms with Crippen molar-refractivity contribution in [1.29, 1.82) is 0 Å². The van der Waals surface area contributed by atoms with E-state index < -0.39 is 28.5 Å². The predicted molar refractivity (Wildman–Crippen MR) is 135 cm³/mol. The molecule has 0 aliphatic rings. The SMILES string of the molecule is CCCNC(=O)[C@H](CC)N(Cc1ccc(Cl)c(Cl)c1)C(=O)CN(C)S(=O)(=O)c1ccc(C)cc1. The number of nitrogens with one attached hydrogen (secondary N) is 1. The summed E-state index contributed by atoms with van der Waals surface area (Å²) in [7, 11) is -2.54. The molecule has 0 saturated carbocycles. The first-order valence-corrected chi connectivity index (χ1v) is 13.2. The zero-order chi connectivity index (χ0) is 25.5. The third kappa shape index (κ3) is 7.18. The number of amides is 2. The van der Waals surface area contributed by atoms with E-state index in [-0.39, 0.29) is 17.3 Å². The summed E-state index contributed by atoms with van der Waals surface area (Å²) in [5, 5.41) is 3.53. The molecule has 0 unspecified atom stereocenters. The van der Waals surface area contributed by atoms with Crippen LogP contribution in [0.25, 0.3) is 0 Å². The highest BCUT2D eigenvalue weighted by atomic mass is 35.5. The van der Waals surface area contributed by atoms with E-state index in [1.807, 2.05) is 13.8 Å². The van der Waals surface area contributed by atoms with Crippen molar-refractivity contribution < 1.29 is 18.0 Å². The number of hydrogen-bond donors (Lipinski definition) is 1. The van der Waals surface area contributed by atoms with Gasteiger partial charge in [-0.05, 0) is 49.6 Å². The summed E-state index contributed by atoms with van der Waals surface area (Å²) in [4.78, 5) is 27.7. The lowest BCUT2D eigenvalue weighted by Crippen LogP contribution is -2.51. The normalized spacial score (nSPS) is 12.4. The fourth-order valence-corrected chi connectivity index (χ4v) is 4.82. The molecule has 0 aromatic heterocycles. The Labute approximate surface area is 212 Å². The van der Waals surface area contributed by atoms with Crippen LogP contribution in [-0.2, 0) is 26.2 Å². The first-order chi connectivity index (χ1) is 16.0. The Balaban J connectivity index is 2.33. The first-order valence-electron chi connectivity index (χ1n) is 11.0. The number of rotatable bonds is 11. The van der Waals surface area contributed by atoms with Gasteiger partial charge in [0.15, 0.2) is 0 Å². The standard InChI is InChI=1S/C24H31Cl2N3O4S/c1-5-13-27-24(31)22(6-2)29(15-18-9-12-20(25)21(26)14-18)23(30)16-28(4)34(32,33)19-10-7-17(3)8-11-19/h7-12,14,22H,5-6,13,15-16H2,1-4H3,(H,27,31)/t22-/m0/s1. The Morgan fingerprint density at radius 2 is 1.68 bits per heavy atom. The van der Waals surface area contributed by atoms with Crippen LogP contribution < -0.4 is 5.32 Å². The van der Waals surface area contributed by atoms with E-state index in [2.05, 4.69) is 5.32 Å². The van der Waals surface area contributed by atoms with Crippen molar-refractivity contribution in [1.82, 2.24) is 14.5 Å². The van der Waals surface area contributed by atoms with Crippen molar-refractivity contribution in [2.24, 2.45) is 0 Å². The molecule has 0 heterocycles. The minimum absolute atomic E-state index is 0.0756. The quantitative estimate of drug-likeness (QED) is 0.473. The third-order valence-electron chi connectivity index (χ3n) is 5.36. The average Bonchev–Trinajstić information content (AvgIpc) is 2.79. The molecule has 2 amide bonds. The van der Waals surface area contributed by atoms with E-state index in [4.69, 9.17) is 23.2 Å². The highest BCUT2D eigenvalue weighted by molar-refractivity contribution is 7.89. The summed E-state index contributed by atoms with van der Waals surface area (Å²) in [6.45, 7) is 5.73. The first kappa shape index (κ1) is 28.1. The van der Waals surface area contributed by atoms with Crippen LogP contribution in [0.2, 0.25) is 10.0 Å². The van der Waals surface area contributed by atoms with Crippen LogP contribution in [0.15, 0.2) is 47.4 Å². The fraction of sp³-hybridized carbons (Fsp3) is 0.417. The van der Waals surface area contributed by atoms with Gasteiger partial charge in [0.25, 0.3) is 0 Å². The molecule has 0 aliphatic carbocycles. The van der Waals surface area contributed by atoms with Crippen molar-refractivity contribution in [3.8, 4) is 0 Å². The number of sulfonamides is 1. The number of carbonyl (C=O) groups excluding carboxylic acids is 2. The molecule has 2 aromatic carbocycles. The van der Waals surface area contributed by atoms with E-state index in [1.165, 1.54) is 24.1 Å². The summed E-state index contributed by atoms with van der Waals surface area (Å²) in [5.74, 6) is -0.787. The molecular weight excluding hydrogens is 497 g/mol. The van der Waals surface area contributed by atoms with Crippen LogP contribution in [0.1, 0.15) is 37.8 Å². The van der Waals surface area contributed by atoms with E-state index in [0.29, 0.717) is 28.6 Å². The maximum Gasteiger partial charge on any atom is 0.243 e. The molecule has 34 heavy (non-hydrogen) atoms. The second-order valence-corrected chi connectivity index (χ2v) is 10.9. The van der Waals surface area contributed by atoms with Gasteiger partial charge in [-0.2, -0.15) is 4.31 Å². The van der Waals surface area contributed by atoms with Crippen LogP contribution in [0.4, 0.5) is 0 Å². The van der Waals surface area contributed by atoms with Gasteiger partial charge in [-0.3, -0.25) is 9.59 Å². The van der Waals surface area contributed by atoms with E-state index in [9.17, 15) is 18.0 Å². The summed E-state index contributed by atoms with van der Waals surface area (Å²) in [6, 6.07) is 10.6. The Kier molecular flexibility index (Phi) is 10.4. The van der Waals surface area contributed by atoms with E-state index >= 15 is 0 Å². The molecular formula is C24H31Cl2N3O4S. The number of likely N-dealkylation sites (N-methyl/N-ethyl adjacent to an activating group) is 1. The van der Waals surface area contributed by atoms with Gasteiger partial charge in [0.2, 0.25) is 21.8 Å². The lowest BCUT2D eigenvalue weighted by molar-refractivity contribution is -0.141. The molecule has 0 fully saturated rings. The monoisotopic (exact) mass is 527 g/mol. The summed E-state index contributed by atoms with van der Waals surface area (Å²) in [5.41, 5.74) is 1.60. The second kappa shape index (κ2) is 12.5. The van der Waals surface area contributed by atoms with Crippen LogP contribution >= 0.6 is 23.2 Å². The Morgan fingerprint density at radius 1 is 1.03 bits per heavy atom. The van der Waals surface area contributed by atoms with Gasteiger partial charge in [-0.15, -0.1) is 0 Å². The van der Waals surface area contributed by atoms with E-state index in [0.717, 1.165) is 16.3 Å². The Hall–Kier alpha value is -2.13. The number of nitrogens with zero attached hydrogens (tertiary/aromatic N) is 2. The van der Waals surface area contributed by atoms with E-state index in [1.54, 1.807) is 37.3 Å². The van der Waals surface area contributed by atoms with Gasteiger partial charge in [-0.25, -0.2) is 8.42 Å². The molecule has 0 spiro atoms. The van der Waals surface area contributed by atoms with Crippen molar-refractivity contribution in [3.05, 3.63) is 63.6 Å². The van der Waals surface area contributed by atoms with Crippen LogP contribution in [-0.4, -0.2) is 55.6 Å². The zero-order valence-corrected chi connectivity index (χ0v) is 22.2. The van der Waals surface area contributed by atoms with Crippen LogP contribution in [0, 0.1) is 6.92 Å². The van der Waals surface area contributed by atoms with Gasteiger partial charge in [0.05, 0.1) is 21.5 Å². The predicted octanol–water partition coefficient (Wildman–Crippen LogP) is 4.26. The van der Waals surface area contributed by atoms with Gasteiger partial charge in [-0.1, -0.05) is 60.8 Å². The minimum Gasteiger partial charge on any atom is -0.354 e. The lowest BCUT2D eigenvalue weighted by atomic mass is 10.1. The average molecular weight is 529 g/mol. The lowest BCUT2D eigenvalue weighted by Gasteiger charge is -2.32. The zero-order valence-electron chi connectivity index (χ0n) is 19.8. The highest BCUT2D eigenvalue weighted by Crippen LogP contribution is 2.24. The van der Waals surface area contributed by atoms with Crippen LogP contribution in [0.3, 0.4) is 0 Å². The summed E-state index contributed by atoms with van der Waals surface area (Å²) in [6.07, 6.45) is 1.11. The van der Waals surface area contributed by atoms with Crippen molar-refractivity contribution in [3.63, 3.8) is 0 Å². The molecule has 0 saturated heterocycles. The third-order valence-corrected chi connectivity index (χ3v) is 7.92. The summed E-state index contributed by atoms with van der Waals surface area (Å²) >= 11 is 12.2. The summed E-state index contributed by atoms with van der Waals surface area (Å²) < 4.78 is 27.0. The van der Waals surface area contributed by atoms with Crippen molar-refractivity contribution in [2.75, 3.05) is 20.1 Å². The number of carbonyl (C=O) groups is 2. The molecule has 1 N–H and O–H groups in total. The molecule has 2 rings (SSSR count). The minimum atomic E-state index is -3.89. The molecule has 0 aliphatic heterocycles. The highest BCUT2D eigenvalue weighted by Gasteiger charge is 2.31.